The predicted octanol–water partition coefficient (Wildman–Crippen LogP) is 11.7. The first-order chi connectivity index (χ1) is 25.3. The molecule has 0 saturated heterocycles. The van der Waals surface area contributed by atoms with Crippen LogP contribution in [0.15, 0.2) is 145 Å². The van der Waals surface area contributed by atoms with E-state index in [2.05, 4.69) is 146 Å². The highest BCUT2D eigenvalue weighted by Crippen LogP contribution is 2.62. The molecule has 4 aromatic rings. The van der Waals surface area contributed by atoms with Crippen LogP contribution in [0.25, 0.3) is 28.1 Å². The van der Waals surface area contributed by atoms with Crippen LogP contribution in [0, 0.1) is 23.2 Å². The molecule has 5 atom stereocenters. The molecule has 1 heterocycles. The number of hydrogen-bond acceptors (Lipinski definition) is 3. The summed E-state index contributed by atoms with van der Waals surface area (Å²) in [5.74, 6) is 1.41. The van der Waals surface area contributed by atoms with Crippen molar-refractivity contribution < 1.29 is 0 Å². The Morgan fingerprint density at radius 3 is 2.39 bits per heavy atom. The fraction of sp³-hybridized carbons (Fsp3) is 0.271. The van der Waals surface area contributed by atoms with Crippen molar-refractivity contribution in [2.24, 2.45) is 11.8 Å². The van der Waals surface area contributed by atoms with E-state index in [4.69, 9.17) is 9.97 Å². The van der Waals surface area contributed by atoms with Gasteiger partial charge in [-0.3, -0.25) is 0 Å². The molecule has 3 heteroatoms. The minimum Gasteiger partial charge on any atom is -0.232 e. The van der Waals surface area contributed by atoms with Gasteiger partial charge >= 0.3 is 0 Å². The first-order valence-electron chi connectivity index (χ1n) is 18.9. The van der Waals surface area contributed by atoms with Gasteiger partial charge in [-0.2, -0.15) is 5.26 Å². The fourth-order valence-corrected chi connectivity index (χ4v) is 9.68. The van der Waals surface area contributed by atoms with E-state index in [9.17, 15) is 5.26 Å². The van der Waals surface area contributed by atoms with Crippen molar-refractivity contribution in [2.75, 3.05) is 0 Å². The average Bonchev–Trinajstić information content (AvgIpc) is 3.51. The van der Waals surface area contributed by atoms with E-state index < -0.39 is 0 Å². The molecule has 5 unspecified atom stereocenters. The number of allylic oxidation sites excluding steroid dienone is 12. The third-order valence-corrected chi connectivity index (χ3v) is 11.9. The first kappa shape index (κ1) is 31.6. The number of hydrogen-bond donors (Lipinski definition) is 0. The number of rotatable bonds is 6. The van der Waals surface area contributed by atoms with Gasteiger partial charge in [0, 0.05) is 28.4 Å². The van der Waals surface area contributed by atoms with Gasteiger partial charge < -0.3 is 0 Å². The minimum atomic E-state index is -0.349. The SMILES string of the molecule is N#CC1C=CC2c3ccc(-c4nc(C5=CCCC=C5)c(-c5ccccc5)c(C5C=CCCC5)n4)cc3C(C3=CC=CCC3)(c3ccccc3)C2C1. The fourth-order valence-electron chi connectivity index (χ4n) is 9.68. The smallest absolute Gasteiger partial charge is 0.160 e. The van der Waals surface area contributed by atoms with Crippen LogP contribution in [0.1, 0.15) is 91.3 Å². The Kier molecular flexibility index (Phi) is 8.33. The van der Waals surface area contributed by atoms with E-state index in [-0.39, 0.29) is 29.1 Å². The van der Waals surface area contributed by atoms with Gasteiger partial charge in [0.15, 0.2) is 5.82 Å². The van der Waals surface area contributed by atoms with Gasteiger partial charge in [-0.05, 0) is 91.2 Å². The molecule has 0 spiro atoms. The molecule has 0 fully saturated rings. The van der Waals surface area contributed by atoms with Gasteiger partial charge in [0.25, 0.3) is 0 Å². The van der Waals surface area contributed by atoms with Crippen LogP contribution < -0.4 is 0 Å². The molecule has 5 aliphatic rings. The summed E-state index contributed by atoms with van der Waals surface area (Å²) in [6.07, 6.45) is 31.3. The Bertz CT molecular complexity index is 2190. The normalized spacial score (nSPS) is 26.2. The standard InChI is InChI=1S/C48H43N3/c49-32-33-26-28-40-41-29-27-37(31-43(41)48(42(40)30-33,38-22-12-4-13-23-38)39-24-14-5-15-25-39)47-50-45(35-18-8-2-9-19-35)44(34-16-6-1-7-17-34)46(51-47)36-20-10-3-11-21-36/h1,4-8,10,12-14,16-20,22-24,26-29,31,33,36,40,42H,2-3,9,11,15,21,25,30H2. The second kappa shape index (κ2) is 13.4. The van der Waals surface area contributed by atoms with Crippen molar-refractivity contribution in [2.45, 2.75) is 68.6 Å². The van der Waals surface area contributed by atoms with Crippen LogP contribution in [0.2, 0.25) is 0 Å². The van der Waals surface area contributed by atoms with Crippen LogP contribution in [0.3, 0.4) is 0 Å². The summed E-state index contributed by atoms with van der Waals surface area (Å²) in [6.45, 7) is 0. The molecule has 250 valence electrons. The molecule has 3 nitrogen and oxygen atoms in total. The van der Waals surface area contributed by atoms with E-state index in [1.165, 1.54) is 33.4 Å². The minimum absolute atomic E-state index is 0.0952. The van der Waals surface area contributed by atoms with E-state index in [0.717, 1.165) is 79.7 Å². The molecule has 0 radical (unpaired) electrons. The molecule has 1 aromatic heterocycles. The van der Waals surface area contributed by atoms with Crippen molar-refractivity contribution in [3.05, 3.63) is 173 Å². The lowest BCUT2D eigenvalue weighted by molar-refractivity contribution is 0.313. The third kappa shape index (κ3) is 5.40. The maximum atomic E-state index is 10.2. The summed E-state index contributed by atoms with van der Waals surface area (Å²) in [5, 5.41) is 10.2. The second-order valence-corrected chi connectivity index (χ2v) is 14.8. The van der Waals surface area contributed by atoms with E-state index in [1.807, 2.05) is 0 Å². The van der Waals surface area contributed by atoms with Crippen molar-refractivity contribution >= 4 is 5.57 Å². The molecule has 51 heavy (non-hydrogen) atoms. The van der Waals surface area contributed by atoms with E-state index in [1.54, 1.807) is 0 Å². The Morgan fingerprint density at radius 2 is 1.65 bits per heavy atom. The number of nitrogens with zero attached hydrogens (tertiary/aromatic N) is 3. The molecule has 0 saturated carbocycles. The van der Waals surface area contributed by atoms with Crippen molar-refractivity contribution in [3.63, 3.8) is 0 Å². The Hall–Kier alpha value is -5.33. The average molecular weight is 662 g/mol. The molecule has 3 aromatic carbocycles. The largest absolute Gasteiger partial charge is 0.232 e. The Labute approximate surface area is 302 Å². The summed E-state index contributed by atoms with van der Waals surface area (Å²) in [4.78, 5) is 11.1. The van der Waals surface area contributed by atoms with Crippen LogP contribution in [-0.2, 0) is 5.41 Å². The zero-order valence-electron chi connectivity index (χ0n) is 29.1. The summed E-state index contributed by atoms with van der Waals surface area (Å²) < 4.78 is 0. The molecular formula is C48H43N3. The Morgan fingerprint density at radius 1 is 0.784 bits per heavy atom. The molecule has 0 N–H and O–H groups in total. The number of benzene rings is 3. The molecular weight excluding hydrogens is 619 g/mol. The number of nitriles is 1. The van der Waals surface area contributed by atoms with Gasteiger partial charge in [0.2, 0.25) is 0 Å². The predicted molar refractivity (Wildman–Crippen MR) is 208 cm³/mol. The maximum Gasteiger partial charge on any atom is 0.160 e. The highest BCUT2D eigenvalue weighted by atomic mass is 14.9. The lowest BCUT2D eigenvalue weighted by Gasteiger charge is -2.43. The topological polar surface area (TPSA) is 49.6 Å². The van der Waals surface area contributed by atoms with Crippen LogP contribution in [-0.4, -0.2) is 9.97 Å². The zero-order chi connectivity index (χ0) is 34.2. The van der Waals surface area contributed by atoms with Gasteiger partial charge in [-0.15, -0.1) is 0 Å². The van der Waals surface area contributed by atoms with Crippen molar-refractivity contribution in [1.82, 2.24) is 9.97 Å². The van der Waals surface area contributed by atoms with Crippen molar-refractivity contribution in [1.29, 1.82) is 5.26 Å². The molecule has 5 aliphatic carbocycles. The van der Waals surface area contributed by atoms with Crippen LogP contribution >= 0.6 is 0 Å². The van der Waals surface area contributed by atoms with Crippen molar-refractivity contribution in [3.8, 4) is 28.6 Å². The van der Waals surface area contributed by atoms with E-state index in [0.29, 0.717) is 0 Å². The van der Waals surface area contributed by atoms with E-state index >= 15 is 0 Å². The molecule has 0 aliphatic heterocycles. The van der Waals surface area contributed by atoms with Gasteiger partial charge in [-0.25, -0.2) is 9.97 Å². The van der Waals surface area contributed by atoms with Crippen LogP contribution in [0.5, 0.6) is 0 Å². The van der Waals surface area contributed by atoms with Crippen LogP contribution in [0.4, 0.5) is 0 Å². The molecule has 0 bridgehead atoms. The zero-order valence-corrected chi connectivity index (χ0v) is 29.1. The third-order valence-electron chi connectivity index (χ3n) is 11.9. The lowest BCUT2D eigenvalue weighted by atomic mass is 9.59. The maximum absolute atomic E-state index is 10.2. The molecule has 9 rings (SSSR count). The highest BCUT2D eigenvalue weighted by molar-refractivity contribution is 5.86. The molecule has 0 amide bonds. The summed E-state index contributed by atoms with van der Waals surface area (Å²) in [5.41, 5.74) is 11.8. The first-order valence-corrected chi connectivity index (χ1v) is 18.9. The van der Waals surface area contributed by atoms with Gasteiger partial charge in [0.05, 0.1) is 23.4 Å². The number of fused-ring (bicyclic) bond motifs is 3. The lowest BCUT2D eigenvalue weighted by Crippen LogP contribution is -2.38. The summed E-state index contributed by atoms with van der Waals surface area (Å²) in [7, 11) is 0. The quantitative estimate of drug-likeness (QED) is 0.193. The van der Waals surface area contributed by atoms with Gasteiger partial charge in [-0.1, -0.05) is 139 Å². The summed E-state index contributed by atoms with van der Waals surface area (Å²) >= 11 is 0. The Balaban J connectivity index is 1.30. The highest BCUT2D eigenvalue weighted by Gasteiger charge is 2.55. The monoisotopic (exact) mass is 661 g/mol. The van der Waals surface area contributed by atoms with Gasteiger partial charge in [0.1, 0.15) is 0 Å². The second-order valence-electron chi connectivity index (χ2n) is 14.8. The summed E-state index contributed by atoms with van der Waals surface area (Å²) in [6, 6.07) is 31.5. The number of aromatic nitrogens is 2.